The summed E-state index contributed by atoms with van der Waals surface area (Å²) in [6.07, 6.45) is -4.60. The maximum atomic E-state index is 12.5. The van der Waals surface area contributed by atoms with Gasteiger partial charge in [0.15, 0.2) is 5.78 Å². The molecule has 0 aliphatic heterocycles. The lowest BCUT2D eigenvalue weighted by atomic mass is 10.2. The SMILES string of the molecule is CC(=O)C(C#N)N=Nc1c(Cl)cc(C(F)(F)F)cc1Cl. The molecule has 1 aromatic carbocycles. The second-order valence-corrected chi connectivity index (χ2v) is 4.46. The standard InChI is InChI=1S/C11H6Cl2F3N3O/c1-5(20)9(4-17)18-19-10-7(12)2-6(3-8(10)13)11(14,15)16/h2-3,9H,1H3. The number of nitrogens with zero attached hydrogens (tertiary/aromatic N) is 3. The summed E-state index contributed by atoms with van der Waals surface area (Å²) in [6, 6.07) is 1.48. The molecule has 20 heavy (non-hydrogen) atoms. The van der Waals surface area contributed by atoms with Gasteiger partial charge in [0.1, 0.15) is 5.69 Å². The second-order valence-electron chi connectivity index (χ2n) is 3.64. The van der Waals surface area contributed by atoms with Crippen LogP contribution in [-0.2, 0) is 11.0 Å². The molecule has 0 aliphatic rings. The van der Waals surface area contributed by atoms with Crippen molar-refractivity contribution in [1.82, 2.24) is 0 Å². The van der Waals surface area contributed by atoms with Crippen molar-refractivity contribution < 1.29 is 18.0 Å². The predicted molar refractivity (Wildman–Crippen MR) is 66.1 cm³/mol. The van der Waals surface area contributed by atoms with Crippen molar-refractivity contribution in [3.63, 3.8) is 0 Å². The molecule has 0 N–H and O–H groups in total. The summed E-state index contributed by atoms with van der Waals surface area (Å²) < 4.78 is 37.5. The topological polar surface area (TPSA) is 65.6 Å². The molecule has 0 spiro atoms. The van der Waals surface area contributed by atoms with Gasteiger partial charge in [-0.25, -0.2) is 0 Å². The Bertz CT molecular complexity index is 585. The first kappa shape index (κ1) is 16.4. The number of rotatable bonds is 3. The quantitative estimate of drug-likeness (QED) is 0.764. The number of alkyl halides is 3. The number of hydrogen-bond donors (Lipinski definition) is 0. The molecule has 1 rings (SSSR count). The minimum absolute atomic E-state index is 0.233. The molecule has 0 aliphatic carbocycles. The average Bonchev–Trinajstić information content (AvgIpc) is 2.30. The Morgan fingerprint density at radius 1 is 1.35 bits per heavy atom. The van der Waals surface area contributed by atoms with E-state index in [4.69, 9.17) is 28.5 Å². The van der Waals surface area contributed by atoms with Gasteiger partial charge >= 0.3 is 6.18 Å². The number of Topliss-reactive ketones (excluding diaryl/α,β-unsaturated/α-hetero) is 1. The fourth-order valence-corrected chi connectivity index (χ4v) is 1.70. The van der Waals surface area contributed by atoms with Crippen LogP contribution in [0.5, 0.6) is 0 Å². The molecule has 0 amide bonds. The first-order chi connectivity index (χ1) is 9.16. The summed E-state index contributed by atoms with van der Waals surface area (Å²) in [7, 11) is 0. The zero-order chi connectivity index (χ0) is 15.5. The lowest BCUT2D eigenvalue weighted by Crippen LogP contribution is -2.11. The molecule has 106 valence electrons. The molecule has 1 unspecified atom stereocenters. The largest absolute Gasteiger partial charge is 0.416 e. The molecule has 0 heterocycles. The normalized spacial score (nSPS) is 13.2. The van der Waals surface area contributed by atoms with E-state index >= 15 is 0 Å². The van der Waals surface area contributed by atoms with Crippen LogP contribution < -0.4 is 0 Å². The molecule has 0 aromatic heterocycles. The molecule has 0 bridgehead atoms. The third kappa shape index (κ3) is 3.92. The zero-order valence-corrected chi connectivity index (χ0v) is 11.4. The number of carbonyl (C=O) groups excluding carboxylic acids is 1. The van der Waals surface area contributed by atoms with Crippen LogP contribution in [0.4, 0.5) is 18.9 Å². The average molecular weight is 324 g/mol. The molecule has 4 nitrogen and oxygen atoms in total. The Kier molecular flexibility index (Phi) is 5.09. The molecule has 0 saturated heterocycles. The van der Waals surface area contributed by atoms with E-state index in [9.17, 15) is 18.0 Å². The van der Waals surface area contributed by atoms with Crippen LogP contribution in [-0.4, -0.2) is 11.8 Å². The van der Waals surface area contributed by atoms with Crippen LogP contribution in [0, 0.1) is 11.3 Å². The van der Waals surface area contributed by atoms with Gasteiger partial charge in [0.25, 0.3) is 0 Å². The minimum Gasteiger partial charge on any atom is -0.296 e. The van der Waals surface area contributed by atoms with E-state index < -0.39 is 23.6 Å². The van der Waals surface area contributed by atoms with Crippen molar-refractivity contribution in [2.24, 2.45) is 10.2 Å². The minimum atomic E-state index is -4.60. The number of halogens is 5. The molecule has 0 fully saturated rings. The smallest absolute Gasteiger partial charge is 0.296 e. The van der Waals surface area contributed by atoms with Crippen molar-refractivity contribution >= 4 is 34.7 Å². The van der Waals surface area contributed by atoms with Crippen LogP contribution in [0.2, 0.25) is 10.0 Å². The number of benzene rings is 1. The molecule has 1 aromatic rings. The maximum Gasteiger partial charge on any atom is 0.416 e. The lowest BCUT2D eigenvalue weighted by Gasteiger charge is -2.09. The van der Waals surface area contributed by atoms with E-state index in [1.807, 2.05) is 0 Å². The fraction of sp³-hybridized carbons (Fsp3) is 0.273. The van der Waals surface area contributed by atoms with Gasteiger partial charge in [0, 0.05) is 0 Å². The highest BCUT2D eigenvalue weighted by Crippen LogP contribution is 2.40. The summed E-state index contributed by atoms with van der Waals surface area (Å²) in [5.74, 6) is -0.560. The monoisotopic (exact) mass is 323 g/mol. The molecule has 9 heteroatoms. The first-order valence-electron chi connectivity index (χ1n) is 5.04. The van der Waals surface area contributed by atoms with Crippen LogP contribution in [0.25, 0.3) is 0 Å². The third-order valence-corrected chi connectivity index (χ3v) is 2.70. The Labute approximate surface area is 121 Å². The van der Waals surface area contributed by atoms with Crippen molar-refractivity contribution in [3.8, 4) is 6.07 Å². The second kappa shape index (κ2) is 6.20. The number of azo groups is 1. The van der Waals surface area contributed by atoms with E-state index in [-0.39, 0.29) is 15.7 Å². The van der Waals surface area contributed by atoms with Gasteiger partial charge in [-0.15, -0.1) is 0 Å². The highest BCUT2D eigenvalue weighted by atomic mass is 35.5. The van der Waals surface area contributed by atoms with Crippen LogP contribution in [0.15, 0.2) is 22.4 Å². The van der Waals surface area contributed by atoms with E-state index in [2.05, 4.69) is 10.2 Å². The molecule has 0 radical (unpaired) electrons. The van der Waals surface area contributed by atoms with Gasteiger partial charge < -0.3 is 0 Å². The number of nitriles is 1. The molecular formula is C11H6Cl2F3N3O. The van der Waals surface area contributed by atoms with E-state index in [1.165, 1.54) is 0 Å². The first-order valence-corrected chi connectivity index (χ1v) is 5.79. The summed E-state index contributed by atoms with van der Waals surface area (Å²) in [6.45, 7) is 1.13. The highest BCUT2D eigenvalue weighted by Gasteiger charge is 2.32. The van der Waals surface area contributed by atoms with Crippen molar-refractivity contribution in [3.05, 3.63) is 27.7 Å². The molecule has 0 saturated carbocycles. The Morgan fingerprint density at radius 3 is 2.20 bits per heavy atom. The van der Waals surface area contributed by atoms with E-state index in [0.29, 0.717) is 12.1 Å². The highest BCUT2D eigenvalue weighted by molar-refractivity contribution is 6.38. The lowest BCUT2D eigenvalue weighted by molar-refractivity contribution is -0.137. The number of ketones is 1. The summed E-state index contributed by atoms with van der Waals surface area (Å²) in [5, 5.41) is 14.7. The number of hydrogen-bond acceptors (Lipinski definition) is 4. The Hall–Kier alpha value is -1.65. The fourth-order valence-electron chi connectivity index (χ4n) is 1.14. The van der Waals surface area contributed by atoms with Crippen molar-refractivity contribution in [2.45, 2.75) is 19.1 Å². The zero-order valence-electron chi connectivity index (χ0n) is 9.87. The van der Waals surface area contributed by atoms with Crippen LogP contribution in [0.3, 0.4) is 0 Å². The summed E-state index contributed by atoms with van der Waals surface area (Å²) in [5.41, 5.74) is -1.27. The summed E-state index contributed by atoms with van der Waals surface area (Å²) in [4.78, 5) is 11.0. The van der Waals surface area contributed by atoms with E-state index in [0.717, 1.165) is 6.92 Å². The van der Waals surface area contributed by atoms with Gasteiger partial charge in [0.2, 0.25) is 6.04 Å². The van der Waals surface area contributed by atoms with Crippen LogP contribution in [0.1, 0.15) is 12.5 Å². The van der Waals surface area contributed by atoms with Gasteiger partial charge in [-0.3, -0.25) is 4.79 Å². The predicted octanol–water partition coefficient (Wildman–Crippen LogP) is 4.58. The third-order valence-electron chi connectivity index (χ3n) is 2.12. The van der Waals surface area contributed by atoms with Gasteiger partial charge in [-0.2, -0.15) is 28.7 Å². The van der Waals surface area contributed by atoms with Crippen LogP contribution >= 0.6 is 23.2 Å². The van der Waals surface area contributed by atoms with Gasteiger partial charge in [0.05, 0.1) is 21.7 Å². The van der Waals surface area contributed by atoms with Crippen molar-refractivity contribution in [2.75, 3.05) is 0 Å². The summed E-state index contributed by atoms with van der Waals surface area (Å²) >= 11 is 11.3. The molecular weight excluding hydrogens is 318 g/mol. The Balaban J connectivity index is 3.19. The van der Waals surface area contributed by atoms with Gasteiger partial charge in [-0.05, 0) is 19.1 Å². The van der Waals surface area contributed by atoms with Gasteiger partial charge in [-0.1, -0.05) is 23.2 Å². The van der Waals surface area contributed by atoms with Crippen molar-refractivity contribution in [1.29, 1.82) is 5.26 Å². The Morgan fingerprint density at radius 2 is 1.85 bits per heavy atom. The van der Waals surface area contributed by atoms with E-state index in [1.54, 1.807) is 6.07 Å². The number of carbonyl (C=O) groups is 1. The maximum absolute atomic E-state index is 12.5. The molecule has 1 atom stereocenters.